The van der Waals surface area contributed by atoms with Crippen LogP contribution < -0.4 is 4.90 Å². The monoisotopic (exact) mass is 313 g/mol. The molecule has 1 heterocycles. The molecule has 1 unspecified atom stereocenters. The number of methoxy groups -OCH3 is 1. The van der Waals surface area contributed by atoms with E-state index in [1.807, 2.05) is 12.1 Å². The van der Waals surface area contributed by atoms with E-state index in [1.165, 1.54) is 0 Å². The first kappa shape index (κ1) is 13.8. The minimum atomic E-state index is -0.0853. The first-order valence-corrected chi connectivity index (χ1v) is 7.07. The van der Waals surface area contributed by atoms with E-state index >= 15 is 0 Å². The van der Waals surface area contributed by atoms with Gasteiger partial charge in [0.15, 0.2) is 0 Å². The number of aliphatic hydroxyl groups excluding tert-OH is 1. The van der Waals surface area contributed by atoms with Crippen LogP contribution in [0.4, 0.5) is 5.69 Å². The molecule has 0 saturated carbocycles. The fraction of sp³-hybridized carbons (Fsp3) is 0.571. The lowest BCUT2D eigenvalue weighted by Gasteiger charge is -2.41. The van der Waals surface area contributed by atoms with Gasteiger partial charge < -0.3 is 14.7 Å². The SMILES string of the molecule is COC1(C)CCCN(c2ccc(Br)cc2CO)C1. The molecule has 1 saturated heterocycles. The van der Waals surface area contributed by atoms with E-state index in [0.29, 0.717) is 0 Å². The molecule has 0 bridgehead atoms. The Morgan fingerprint density at radius 3 is 2.94 bits per heavy atom. The summed E-state index contributed by atoms with van der Waals surface area (Å²) in [5.74, 6) is 0. The van der Waals surface area contributed by atoms with Gasteiger partial charge in [0, 0.05) is 35.9 Å². The smallest absolute Gasteiger partial charge is 0.0825 e. The molecule has 100 valence electrons. The van der Waals surface area contributed by atoms with Gasteiger partial charge in [-0.25, -0.2) is 0 Å². The van der Waals surface area contributed by atoms with Crippen molar-refractivity contribution in [2.24, 2.45) is 0 Å². The largest absolute Gasteiger partial charge is 0.392 e. The number of rotatable bonds is 3. The molecule has 1 aliphatic rings. The Kier molecular flexibility index (Phi) is 4.30. The molecule has 0 spiro atoms. The van der Waals surface area contributed by atoms with Crippen LogP contribution in [0.25, 0.3) is 0 Å². The van der Waals surface area contributed by atoms with Gasteiger partial charge in [0.05, 0.1) is 12.2 Å². The van der Waals surface area contributed by atoms with Gasteiger partial charge in [-0.05, 0) is 38.0 Å². The van der Waals surface area contributed by atoms with E-state index in [-0.39, 0.29) is 12.2 Å². The summed E-state index contributed by atoms with van der Waals surface area (Å²) in [6.07, 6.45) is 2.20. The van der Waals surface area contributed by atoms with Crippen molar-refractivity contribution in [3.05, 3.63) is 28.2 Å². The summed E-state index contributed by atoms with van der Waals surface area (Å²) < 4.78 is 6.62. The maximum atomic E-state index is 9.48. The topological polar surface area (TPSA) is 32.7 Å². The number of anilines is 1. The summed E-state index contributed by atoms with van der Waals surface area (Å²) in [4.78, 5) is 2.31. The number of hydrogen-bond acceptors (Lipinski definition) is 3. The van der Waals surface area contributed by atoms with E-state index in [4.69, 9.17) is 4.74 Å². The van der Waals surface area contributed by atoms with Gasteiger partial charge in [-0.15, -0.1) is 0 Å². The minimum Gasteiger partial charge on any atom is -0.392 e. The van der Waals surface area contributed by atoms with Crippen LogP contribution >= 0.6 is 15.9 Å². The van der Waals surface area contributed by atoms with Crippen molar-refractivity contribution in [1.29, 1.82) is 0 Å². The van der Waals surface area contributed by atoms with Gasteiger partial charge in [-0.1, -0.05) is 15.9 Å². The second kappa shape index (κ2) is 5.59. The number of benzene rings is 1. The molecule has 1 atom stereocenters. The summed E-state index contributed by atoms with van der Waals surface area (Å²) in [6, 6.07) is 6.07. The number of piperidine rings is 1. The molecule has 1 fully saturated rings. The van der Waals surface area contributed by atoms with Crippen molar-refractivity contribution in [3.63, 3.8) is 0 Å². The number of hydrogen-bond donors (Lipinski definition) is 1. The van der Waals surface area contributed by atoms with Gasteiger partial charge in [0.1, 0.15) is 0 Å². The zero-order valence-electron chi connectivity index (χ0n) is 10.9. The molecule has 0 aliphatic carbocycles. The van der Waals surface area contributed by atoms with Gasteiger partial charge in [0.25, 0.3) is 0 Å². The highest BCUT2D eigenvalue weighted by atomic mass is 79.9. The maximum absolute atomic E-state index is 9.48. The highest BCUT2D eigenvalue weighted by Crippen LogP contribution is 2.31. The van der Waals surface area contributed by atoms with Gasteiger partial charge >= 0.3 is 0 Å². The predicted molar refractivity (Wildman–Crippen MR) is 76.9 cm³/mol. The number of halogens is 1. The molecule has 0 aromatic heterocycles. The van der Waals surface area contributed by atoms with Crippen LogP contribution in [0.3, 0.4) is 0 Å². The lowest BCUT2D eigenvalue weighted by molar-refractivity contribution is -0.00472. The molecular weight excluding hydrogens is 294 g/mol. The van der Waals surface area contributed by atoms with Crippen molar-refractivity contribution in [2.75, 3.05) is 25.1 Å². The lowest BCUT2D eigenvalue weighted by Crippen LogP contribution is -2.47. The van der Waals surface area contributed by atoms with Crippen LogP contribution in [0.1, 0.15) is 25.3 Å². The normalized spacial score (nSPS) is 24.3. The van der Waals surface area contributed by atoms with Crippen LogP contribution in [0, 0.1) is 0 Å². The molecule has 1 aliphatic heterocycles. The van der Waals surface area contributed by atoms with Crippen molar-refractivity contribution < 1.29 is 9.84 Å². The zero-order chi connectivity index (χ0) is 13.2. The fourth-order valence-electron chi connectivity index (χ4n) is 2.57. The van der Waals surface area contributed by atoms with E-state index in [1.54, 1.807) is 7.11 Å². The van der Waals surface area contributed by atoms with Crippen LogP contribution in [-0.4, -0.2) is 30.9 Å². The summed E-state index contributed by atoms with van der Waals surface area (Å²) >= 11 is 3.44. The second-order valence-corrected chi connectivity index (χ2v) is 6.03. The quantitative estimate of drug-likeness (QED) is 0.931. The fourth-order valence-corrected chi connectivity index (χ4v) is 2.98. The Morgan fingerprint density at radius 2 is 2.28 bits per heavy atom. The molecule has 18 heavy (non-hydrogen) atoms. The molecular formula is C14H20BrNO2. The molecule has 0 radical (unpaired) electrons. The molecule has 2 rings (SSSR count). The van der Waals surface area contributed by atoms with Crippen LogP contribution in [0.2, 0.25) is 0 Å². The first-order chi connectivity index (χ1) is 8.58. The number of nitrogens with zero attached hydrogens (tertiary/aromatic N) is 1. The average molecular weight is 314 g/mol. The zero-order valence-corrected chi connectivity index (χ0v) is 12.5. The maximum Gasteiger partial charge on any atom is 0.0825 e. The molecule has 4 heteroatoms. The van der Waals surface area contributed by atoms with Crippen molar-refractivity contribution in [3.8, 4) is 0 Å². The lowest BCUT2D eigenvalue weighted by atomic mass is 9.94. The summed E-state index contributed by atoms with van der Waals surface area (Å²) in [6.45, 7) is 4.11. The van der Waals surface area contributed by atoms with Crippen LogP contribution in [0.5, 0.6) is 0 Å². The van der Waals surface area contributed by atoms with Crippen molar-refractivity contribution >= 4 is 21.6 Å². The van der Waals surface area contributed by atoms with Crippen molar-refractivity contribution in [2.45, 2.75) is 32.0 Å². The van der Waals surface area contributed by atoms with E-state index in [0.717, 1.165) is 41.7 Å². The predicted octanol–water partition coefficient (Wildman–Crippen LogP) is 2.95. The Balaban J connectivity index is 2.25. The van der Waals surface area contributed by atoms with Gasteiger partial charge in [-0.2, -0.15) is 0 Å². The molecule has 0 amide bonds. The Hall–Kier alpha value is -0.580. The van der Waals surface area contributed by atoms with E-state index in [2.05, 4.69) is 33.8 Å². The third-order valence-corrected chi connectivity index (χ3v) is 4.20. The summed E-state index contributed by atoms with van der Waals surface area (Å²) in [5.41, 5.74) is 1.99. The van der Waals surface area contributed by atoms with Crippen molar-refractivity contribution in [1.82, 2.24) is 0 Å². The molecule has 3 nitrogen and oxygen atoms in total. The average Bonchev–Trinajstić information content (AvgIpc) is 2.38. The third kappa shape index (κ3) is 2.87. The Labute approximate surface area is 117 Å². The molecule has 1 aromatic rings. The Morgan fingerprint density at radius 1 is 1.50 bits per heavy atom. The van der Waals surface area contributed by atoms with Gasteiger partial charge in [0.2, 0.25) is 0 Å². The van der Waals surface area contributed by atoms with Crippen LogP contribution in [0.15, 0.2) is 22.7 Å². The Bertz CT molecular complexity index is 424. The van der Waals surface area contributed by atoms with E-state index < -0.39 is 0 Å². The molecule has 1 aromatic carbocycles. The number of aliphatic hydroxyl groups is 1. The van der Waals surface area contributed by atoms with Crippen LogP contribution in [-0.2, 0) is 11.3 Å². The highest BCUT2D eigenvalue weighted by molar-refractivity contribution is 9.10. The van der Waals surface area contributed by atoms with Gasteiger partial charge in [-0.3, -0.25) is 0 Å². The molecule has 1 N–H and O–H groups in total. The first-order valence-electron chi connectivity index (χ1n) is 6.27. The number of ether oxygens (including phenoxy) is 1. The summed E-state index contributed by atoms with van der Waals surface area (Å²) in [5, 5.41) is 9.48. The van der Waals surface area contributed by atoms with E-state index in [9.17, 15) is 5.11 Å². The summed E-state index contributed by atoms with van der Waals surface area (Å²) in [7, 11) is 1.78. The third-order valence-electron chi connectivity index (χ3n) is 3.70. The standard InChI is InChI=1S/C14H20BrNO2/c1-14(18-2)6-3-7-16(10-14)13-5-4-12(15)8-11(13)9-17/h4-5,8,17H,3,6-7,9-10H2,1-2H3. The minimum absolute atomic E-state index is 0.0645. The second-order valence-electron chi connectivity index (χ2n) is 5.11. The highest BCUT2D eigenvalue weighted by Gasteiger charge is 2.31.